The summed E-state index contributed by atoms with van der Waals surface area (Å²) in [5.41, 5.74) is 8.98. The fourth-order valence-corrected chi connectivity index (χ4v) is 5.07. The molecule has 2 aliphatic rings. The highest BCUT2D eigenvalue weighted by Crippen LogP contribution is 2.35. The van der Waals surface area contributed by atoms with Crippen molar-refractivity contribution < 1.29 is 18.8 Å². The van der Waals surface area contributed by atoms with Crippen LogP contribution in [0.2, 0.25) is 0 Å². The van der Waals surface area contributed by atoms with Crippen molar-refractivity contribution in [2.45, 2.75) is 32.4 Å². The van der Waals surface area contributed by atoms with Crippen LogP contribution in [0.1, 0.15) is 61.3 Å². The van der Waals surface area contributed by atoms with Gasteiger partial charge in [-0.15, -0.1) is 0 Å². The number of carbonyl (C=O) groups is 2. The summed E-state index contributed by atoms with van der Waals surface area (Å²) in [4.78, 5) is 55.1. The van der Waals surface area contributed by atoms with Gasteiger partial charge in [0.1, 0.15) is 17.7 Å². The molecule has 0 radical (unpaired) electrons. The zero-order valence-electron chi connectivity index (χ0n) is 21.8. The van der Waals surface area contributed by atoms with Crippen molar-refractivity contribution >= 4 is 28.7 Å². The number of amides is 2. The van der Waals surface area contributed by atoms with Gasteiger partial charge in [0.05, 0.1) is 11.6 Å². The number of amidine groups is 1. The fraction of sp³-hybridized carbons (Fsp3) is 0.214. The third-order valence-corrected chi connectivity index (χ3v) is 7.20. The number of carbonyl (C=O) groups excluding carboxylic acids is 2. The number of benzene rings is 2. The molecule has 0 fully saturated rings. The van der Waals surface area contributed by atoms with E-state index in [-0.39, 0.29) is 24.0 Å². The van der Waals surface area contributed by atoms with Gasteiger partial charge in [-0.3, -0.25) is 14.2 Å². The van der Waals surface area contributed by atoms with E-state index in [4.69, 9.17) is 9.25 Å². The Morgan fingerprint density at radius 1 is 1.15 bits per heavy atom. The molecular formula is C28H25N7O5. The number of aromatic nitrogens is 3. The summed E-state index contributed by atoms with van der Waals surface area (Å²) in [6, 6.07) is 10.3. The quantitative estimate of drug-likeness (QED) is 0.338. The third kappa shape index (κ3) is 4.49. The molecule has 12 nitrogen and oxygen atoms in total. The van der Waals surface area contributed by atoms with Crippen LogP contribution in [-0.2, 0) is 24.9 Å². The third-order valence-electron chi connectivity index (χ3n) is 7.20. The van der Waals surface area contributed by atoms with E-state index in [0.29, 0.717) is 22.8 Å². The number of aliphatic imine (C=N–C) groups is 1. The highest BCUT2D eigenvalue weighted by Gasteiger charge is 2.28. The monoisotopic (exact) mass is 539 g/mol. The van der Waals surface area contributed by atoms with Gasteiger partial charge < -0.3 is 19.9 Å². The van der Waals surface area contributed by atoms with Crippen molar-refractivity contribution in [3.05, 3.63) is 105 Å². The summed E-state index contributed by atoms with van der Waals surface area (Å²) < 4.78 is 6.53. The minimum atomic E-state index is -0.456. The standard InChI is InChI=1S/C28H25N7O5/c1-14-17-7-8-20(19(17)6-5-18(14)25-32-15(2)40-34-25)33-27(37)22-11-21(30-13-31-22)26(36)29-12-16-4-9-24-23(10-16)35(3)28(38)39-24/h4-6,9-11,13,20H,2,7-8,12H2,1,3H3,(H,29,36)(H,32,34)(H,33,37)/t20-/m0/s1. The molecule has 2 aromatic carbocycles. The Hall–Kier alpha value is -5.26. The molecule has 0 saturated heterocycles. The van der Waals surface area contributed by atoms with Crippen molar-refractivity contribution in [2.24, 2.45) is 12.0 Å². The van der Waals surface area contributed by atoms with Gasteiger partial charge in [0.2, 0.25) is 5.88 Å². The van der Waals surface area contributed by atoms with Crippen molar-refractivity contribution in [3.8, 4) is 0 Å². The van der Waals surface area contributed by atoms with Crippen LogP contribution in [0.5, 0.6) is 0 Å². The molecule has 3 N–H and O–H groups in total. The second kappa shape index (κ2) is 9.80. The number of aryl methyl sites for hydroxylation is 1. The van der Waals surface area contributed by atoms with Gasteiger partial charge in [0.15, 0.2) is 11.4 Å². The van der Waals surface area contributed by atoms with E-state index < -0.39 is 17.6 Å². The average Bonchev–Trinajstić information content (AvgIpc) is 3.65. The lowest BCUT2D eigenvalue weighted by molar-refractivity contribution is 0.0931. The number of rotatable bonds is 6. The Balaban J connectivity index is 1.13. The fourth-order valence-electron chi connectivity index (χ4n) is 5.07. The summed E-state index contributed by atoms with van der Waals surface area (Å²) in [5, 5.41) is 5.83. The molecule has 4 aromatic rings. The van der Waals surface area contributed by atoms with E-state index in [2.05, 4.69) is 37.7 Å². The number of oxazole rings is 1. The first-order valence-electron chi connectivity index (χ1n) is 12.6. The zero-order valence-corrected chi connectivity index (χ0v) is 21.8. The van der Waals surface area contributed by atoms with Crippen LogP contribution >= 0.6 is 0 Å². The van der Waals surface area contributed by atoms with Crippen molar-refractivity contribution in [1.29, 1.82) is 0 Å². The molecule has 0 spiro atoms. The van der Waals surface area contributed by atoms with E-state index in [1.54, 1.807) is 25.2 Å². The van der Waals surface area contributed by atoms with Gasteiger partial charge in [-0.1, -0.05) is 18.2 Å². The van der Waals surface area contributed by atoms with Crippen molar-refractivity contribution in [1.82, 2.24) is 30.6 Å². The number of hydroxylamine groups is 1. The zero-order chi connectivity index (χ0) is 28.0. The number of nitrogens with one attached hydrogen (secondary N) is 3. The smallest absolute Gasteiger partial charge is 0.408 e. The predicted octanol–water partition coefficient (Wildman–Crippen LogP) is 2.33. The molecule has 0 bridgehead atoms. The average molecular weight is 540 g/mol. The first-order chi connectivity index (χ1) is 19.3. The Morgan fingerprint density at radius 3 is 2.73 bits per heavy atom. The molecule has 40 heavy (non-hydrogen) atoms. The molecule has 1 aliphatic heterocycles. The van der Waals surface area contributed by atoms with Crippen LogP contribution < -0.4 is 21.9 Å². The molecule has 0 saturated carbocycles. The minimum Gasteiger partial charge on any atom is -0.408 e. The molecule has 1 aliphatic carbocycles. The maximum absolute atomic E-state index is 13.1. The normalized spacial score (nSPS) is 15.8. The van der Waals surface area contributed by atoms with Crippen LogP contribution in [0, 0.1) is 6.92 Å². The number of hydrogen-bond donors (Lipinski definition) is 3. The molecular weight excluding hydrogens is 514 g/mol. The SMILES string of the molecule is C=C1N=C(c2ccc3c(c2C)CC[C@@H]3NC(=O)c2cc(C(=O)NCc3ccc4oc(=O)n(C)c4c3)ncn2)NO1. The topological polar surface area (TPSA) is 153 Å². The molecule has 202 valence electrons. The lowest BCUT2D eigenvalue weighted by Gasteiger charge is -2.16. The molecule has 6 rings (SSSR count). The molecule has 3 heterocycles. The lowest BCUT2D eigenvalue weighted by Crippen LogP contribution is -2.29. The van der Waals surface area contributed by atoms with Crippen molar-refractivity contribution in [2.75, 3.05) is 0 Å². The number of nitrogens with zero attached hydrogens (tertiary/aromatic N) is 4. The highest BCUT2D eigenvalue weighted by molar-refractivity contribution is 6.01. The van der Waals surface area contributed by atoms with E-state index in [0.717, 1.165) is 40.7 Å². The second-order valence-electron chi connectivity index (χ2n) is 9.63. The Labute approximate surface area is 227 Å². The van der Waals surface area contributed by atoms with Crippen LogP contribution in [-0.4, -0.2) is 32.2 Å². The maximum Gasteiger partial charge on any atom is 0.419 e. The molecule has 2 aromatic heterocycles. The first-order valence-corrected chi connectivity index (χ1v) is 12.6. The van der Waals surface area contributed by atoms with Crippen LogP contribution in [0.15, 0.2) is 69.4 Å². The molecule has 1 atom stereocenters. The van der Waals surface area contributed by atoms with Crippen LogP contribution in [0.3, 0.4) is 0 Å². The predicted molar refractivity (Wildman–Crippen MR) is 144 cm³/mol. The lowest BCUT2D eigenvalue weighted by atomic mass is 9.97. The van der Waals surface area contributed by atoms with Gasteiger partial charge in [0.25, 0.3) is 11.8 Å². The van der Waals surface area contributed by atoms with E-state index in [1.807, 2.05) is 19.1 Å². The largest absolute Gasteiger partial charge is 0.419 e. The van der Waals surface area contributed by atoms with Gasteiger partial charge in [-0.25, -0.2) is 20.2 Å². The van der Waals surface area contributed by atoms with Gasteiger partial charge in [-0.2, -0.15) is 4.99 Å². The van der Waals surface area contributed by atoms with Crippen LogP contribution in [0.25, 0.3) is 11.1 Å². The van der Waals surface area contributed by atoms with Gasteiger partial charge >= 0.3 is 5.76 Å². The summed E-state index contributed by atoms with van der Waals surface area (Å²) in [6.07, 6.45) is 2.73. The number of fused-ring (bicyclic) bond motifs is 2. The summed E-state index contributed by atoms with van der Waals surface area (Å²) in [7, 11) is 1.61. The Kier molecular flexibility index (Phi) is 6.14. The summed E-state index contributed by atoms with van der Waals surface area (Å²) in [5.74, 6) is -0.392. The molecule has 0 unspecified atom stereocenters. The second-order valence-corrected chi connectivity index (χ2v) is 9.63. The minimum absolute atomic E-state index is 0.0675. The maximum atomic E-state index is 13.1. The van der Waals surface area contributed by atoms with Crippen LogP contribution in [0.4, 0.5) is 0 Å². The van der Waals surface area contributed by atoms with E-state index in [1.165, 1.54) is 17.0 Å². The van der Waals surface area contributed by atoms with Gasteiger partial charge in [-0.05, 0) is 60.7 Å². The van der Waals surface area contributed by atoms with Gasteiger partial charge in [0, 0.05) is 25.2 Å². The van der Waals surface area contributed by atoms with E-state index in [9.17, 15) is 14.4 Å². The summed E-state index contributed by atoms with van der Waals surface area (Å²) >= 11 is 0. The molecule has 2 amide bonds. The Morgan fingerprint density at radius 2 is 1.95 bits per heavy atom. The number of hydrogen-bond acceptors (Lipinski definition) is 9. The van der Waals surface area contributed by atoms with Crippen molar-refractivity contribution in [3.63, 3.8) is 0 Å². The highest BCUT2D eigenvalue weighted by atomic mass is 16.7. The van der Waals surface area contributed by atoms with E-state index >= 15 is 0 Å². The Bertz CT molecular complexity index is 1800. The molecule has 12 heteroatoms. The first kappa shape index (κ1) is 25.0. The summed E-state index contributed by atoms with van der Waals surface area (Å²) in [6.45, 7) is 5.91.